The smallest absolute Gasteiger partial charge is 0.367 e. The molecule has 2 aromatic rings. The minimum absolute atomic E-state index is 0.326. The molecule has 1 aromatic carbocycles. The molecule has 0 spiro atoms. The Morgan fingerprint density at radius 2 is 1.91 bits per heavy atom. The predicted molar refractivity (Wildman–Crippen MR) is 75.4 cm³/mol. The number of halogens is 5. The Labute approximate surface area is 129 Å². The Morgan fingerprint density at radius 3 is 2.59 bits per heavy atom. The van der Waals surface area contributed by atoms with Gasteiger partial charge in [-0.3, -0.25) is 0 Å². The lowest BCUT2D eigenvalue weighted by Crippen LogP contribution is -2.30. The summed E-state index contributed by atoms with van der Waals surface area (Å²) in [6.07, 6.45) is -2.40. The molecule has 2 heterocycles. The second-order valence-electron chi connectivity index (χ2n) is 5.11. The number of pyridine rings is 1. The SMILES string of the molecule is Fc1cc2c(cn1)CN(c1ccc(C(F)(F)F)c(Cl)c1)CC2. The molecule has 1 aliphatic heterocycles. The van der Waals surface area contributed by atoms with Gasteiger partial charge in [-0.2, -0.15) is 17.6 Å². The van der Waals surface area contributed by atoms with Gasteiger partial charge in [-0.05, 0) is 41.8 Å². The fraction of sp³-hybridized carbons (Fsp3) is 0.267. The van der Waals surface area contributed by atoms with Crippen LogP contribution in [0.25, 0.3) is 0 Å². The molecule has 0 saturated carbocycles. The van der Waals surface area contributed by atoms with E-state index in [-0.39, 0.29) is 5.02 Å². The fourth-order valence-corrected chi connectivity index (χ4v) is 2.84. The molecule has 3 rings (SSSR count). The number of benzene rings is 1. The van der Waals surface area contributed by atoms with Gasteiger partial charge in [-0.25, -0.2) is 4.98 Å². The average Bonchev–Trinajstić information content (AvgIpc) is 2.45. The maximum absolute atomic E-state index is 13.1. The van der Waals surface area contributed by atoms with Crippen molar-refractivity contribution in [2.75, 3.05) is 11.4 Å². The third kappa shape index (κ3) is 2.88. The van der Waals surface area contributed by atoms with Crippen molar-refractivity contribution in [3.05, 3.63) is 58.1 Å². The largest absolute Gasteiger partial charge is 0.417 e. The molecule has 0 unspecified atom stereocenters. The summed E-state index contributed by atoms with van der Waals surface area (Å²) in [6, 6.07) is 5.09. The molecule has 0 saturated heterocycles. The van der Waals surface area contributed by atoms with Crippen LogP contribution in [0.2, 0.25) is 5.02 Å². The van der Waals surface area contributed by atoms with Crippen LogP contribution in [-0.4, -0.2) is 11.5 Å². The van der Waals surface area contributed by atoms with Crippen LogP contribution in [0.15, 0.2) is 30.5 Å². The van der Waals surface area contributed by atoms with Crippen molar-refractivity contribution in [3.8, 4) is 0 Å². The molecular formula is C15H11ClF4N2. The maximum Gasteiger partial charge on any atom is 0.417 e. The van der Waals surface area contributed by atoms with E-state index in [1.807, 2.05) is 4.90 Å². The molecule has 0 aliphatic carbocycles. The minimum Gasteiger partial charge on any atom is -0.367 e. The number of alkyl halides is 3. The van der Waals surface area contributed by atoms with Crippen LogP contribution in [0.1, 0.15) is 16.7 Å². The topological polar surface area (TPSA) is 16.1 Å². The van der Waals surface area contributed by atoms with Gasteiger partial charge in [0.2, 0.25) is 5.95 Å². The van der Waals surface area contributed by atoms with Gasteiger partial charge in [0, 0.05) is 25.0 Å². The molecule has 0 N–H and O–H groups in total. The molecule has 1 aliphatic rings. The lowest BCUT2D eigenvalue weighted by Gasteiger charge is -2.30. The number of fused-ring (bicyclic) bond motifs is 1. The van der Waals surface area contributed by atoms with E-state index in [1.165, 1.54) is 24.4 Å². The first kappa shape index (κ1) is 15.1. The Kier molecular flexibility index (Phi) is 3.72. The zero-order valence-corrected chi connectivity index (χ0v) is 12.0. The lowest BCUT2D eigenvalue weighted by atomic mass is 10.0. The van der Waals surface area contributed by atoms with E-state index in [1.54, 1.807) is 0 Å². The van der Waals surface area contributed by atoms with Crippen LogP contribution < -0.4 is 4.90 Å². The quantitative estimate of drug-likeness (QED) is 0.567. The first-order valence-corrected chi connectivity index (χ1v) is 6.97. The molecule has 2 nitrogen and oxygen atoms in total. The Morgan fingerprint density at radius 1 is 1.14 bits per heavy atom. The van der Waals surface area contributed by atoms with Gasteiger partial charge in [0.15, 0.2) is 0 Å². The first-order chi connectivity index (χ1) is 10.3. The van der Waals surface area contributed by atoms with E-state index in [0.717, 1.165) is 17.2 Å². The van der Waals surface area contributed by atoms with Gasteiger partial charge in [0.05, 0.1) is 10.6 Å². The summed E-state index contributed by atoms with van der Waals surface area (Å²) >= 11 is 5.75. The zero-order valence-electron chi connectivity index (χ0n) is 11.3. The van der Waals surface area contributed by atoms with E-state index in [9.17, 15) is 17.6 Å². The lowest BCUT2D eigenvalue weighted by molar-refractivity contribution is -0.137. The van der Waals surface area contributed by atoms with E-state index in [4.69, 9.17) is 11.6 Å². The van der Waals surface area contributed by atoms with Crippen LogP contribution in [0.4, 0.5) is 23.2 Å². The van der Waals surface area contributed by atoms with Gasteiger partial charge >= 0.3 is 6.18 Å². The molecule has 7 heteroatoms. The van der Waals surface area contributed by atoms with E-state index < -0.39 is 17.7 Å². The number of hydrogen-bond donors (Lipinski definition) is 0. The van der Waals surface area contributed by atoms with Crippen molar-refractivity contribution in [1.82, 2.24) is 4.98 Å². The maximum atomic E-state index is 13.1. The highest BCUT2D eigenvalue weighted by Gasteiger charge is 2.33. The molecular weight excluding hydrogens is 320 g/mol. The zero-order chi connectivity index (χ0) is 15.9. The Hall–Kier alpha value is -1.82. The van der Waals surface area contributed by atoms with Crippen LogP contribution in [-0.2, 0) is 19.1 Å². The van der Waals surface area contributed by atoms with Crippen molar-refractivity contribution in [3.63, 3.8) is 0 Å². The van der Waals surface area contributed by atoms with Crippen molar-refractivity contribution in [2.45, 2.75) is 19.1 Å². The molecule has 0 atom stereocenters. The average molecular weight is 331 g/mol. The third-order valence-electron chi connectivity index (χ3n) is 3.68. The van der Waals surface area contributed by atoms with Crippen LogP contribution in [0.5, 0.6) is 0 Å². The van der Waals surface area contributed by atoms with E-state index in [0.29, 0.717) is 25.2 Å². The summed E-state index contributed by atoms with van der Waals surface area (Å²) in [6.45, 7) is 1.04. The van der Waals surface area contributed by atoms with Crippen LogP contribution in [0, 0.1) is 5.95 Å². The van der Waals surface area contributed by atoms with Gasteiger partial charge in [-0.1, -0.05) is 11.6 Å². The summed E-state index contributed by atoms with van der Waals surface area (Å²) < 4.78 is 51.2. The molecule has 0 amide bonds. The number of anilines is 1. The van der Waals surface area contributed by atoms with Crippen molar-refractivity contribution in [2.24, 2.45) is 0 Å². The Balaban J connectivity index is 1.87. The molecule has 0 bridgehead atoms. The van der Waals surface area contributed by atoms with Crippen LogP contribution >= 0.6 is 11.6 Å². The second-order valence-corrected chi connectivity index (χ2v) is 5.52. The van der Waals surface area contributed by atoms with Gasteiger partial charge < -0.3 is 4.90 Å². The number of hydrogen-bond acceptors (Lipinski definition) is 2. The van der Waals surface area contributed by atoms with Crippen molar-refractivity contribution < 1.29 is 17.6 Å². The third-order valence-corrected chi connectivity index (χ3v) is 4.00. The minimum atomic E-state index is -4.47. The normalized spacial score (nSPS) is 14.9. The molecule has 22 heavy (non-hydrogen) atoms. The summed E-state index contributed by atoms with van der Waals surface area (Å²) in [5.74, 6) is -0.523. The van der Waals surface area contributed by atoms with Gasteiger partial charge in [0.1, 0.15) is 0 Å². The second kappa shape index (κ2) is 5.43. The fourth-order valence-electron chi connectivity index (χ4n) is 2.56. The molecule has 0 radical (unpaired) electrons. The number of rotatable bonds is 1. The standard InChI is InChI=1S/C15H11ClF4N2/c16-13-6-11(1-2-12(13)15(18,19)20)22-4-3-9-5-14(17)21-7-10(9)8-22/h1-2,5-7H,3-4,8H2. The Bertz CT molecular complexity index is 715. The first-order valence-electron chi connectivity index (χ1n) is 6.59. The monoisotopic (exact) mass is 330 g/mol. The summed E-state index contributed by atoms with van der Waals surface area (Å²) in [5, 5.41) is -0.326. The number of nitrogens with zero attached hydrogens (tertiary/aromatic N) is 2. The van der Waals surface area contributed by atoms with Crippen molar-refractivity contribution >= 4 is 17.3 Å². The highest BCUT2D eigenvalue weighted by atomic mass is 35.5. The highest BCUT2D eigenvalue weighted by molar-refractivity contribution is 6.31. The summed E-state index contributed by atoms with van der Waals surface area (Å²) in [4.78, 5) is 5.51. The number of aromatic nitrogens is 1. The summed E-state index contributed by atoms with van der Waals surface area (Å²) in [5.41, 5.74) is 1.50. The predicted octanol–water partition coefficient (Wildman–Crippen LogP) is 4.46. The van der Waals surface area contributed by atoms with Crippen LogP contribution in [0.3, 0.4) is 0 Å². The van der Waals surface area contributed by atoms with Gasteiger partial charge in [0.25, 0.3) is 0 Å². The molecule has 1 aromatic heterocycles. The van der Waals surface area contributed by atoms with E-state index in [2.05, 4.69) is 4.98 Å². The summed E-state index contributed by atoms with van der Waals surface area (Å²) in [7, 11) is 0. The van der Waals surface area contributed by atoms with Crippen molar-refractivity contribution in [1.29, 1.82) is 0 Å². The van der Waals surface area contributed by atoms with Gasteiger partial charge in [-0.15, -0.1) is 0 Å². The highest BCUT2D eigenvalue weighted by Crippen LogP contribution is 2.37. The molecule has 116 valence electrons. The molecule has 0 fully saturated rings. The van der Waals surface area contributed by atoms with E-state index >= 15 is 0 Å².